The molecule has 0 aliphatic rings. The molecular weight excluding hydrogens is 337 g/mol. The molecule has 0 aromatic heterocycles. The zero-order valence-electron chi connectivity index (χ0n) is 13.2. The van der Waals surface area contributed by atoms with Crippen LogP contribution in [0, 0.1) is 0 Å². The maximum Gasteiger partial charge on any atom is 0.471 e. The van der Waals surface area contributed by atoms with Crippen molar-refractivity contribution in [2.45, 2.75) is 12.7 Å². The molecule has 2 aromatic carbocycles. The van der Waals surface area contributed by atoms with E-state index >= 15 is 0 Å². The summed E-state index contributed by atoms with van der Waals surface area (Å²) in [5, 5.41) is 4.39. The van der Waals surface area contributed by atoms with E-state index in [9.17, 15) is 22.8 Å². The Hall–Kier alpha value is -3.03. The molecule has 2 N–H and O–H groups in total. The fourth-order valence-corrected chi connectivity index (χ4v) is 2.03. The third kappa shape index (κ3) is 4.97. The van der Waals surface area contributed by atoms with Gasteiger partial charge < -0.3 is 15.4 Å². The number of hydrogen-bond donors (Lipinski definition) is 2. The van der Waals surface area contributed by atoms with Gasteiger partial charge in [-0.25, -0.2) is 0 Å². The first kappa shape index (κ1) is 18.3. The number of rotatable bonds is 5. The molecule has 5 nitrogen and oxygen atoms in total. The van der Waals surface area contributed by atoms with Crippen LogP contribution in [0.3, 0.4) is 0 Å². The first-order valence-corrected chi connectivity index (χ1v) is 7.19. The smallest absolute Gasteiger partial charge is 0.471 e. The highest BCUT2D eigenvalue weighted by molar-refractivity contribution is 6.04. The van der Waals surface area contributed by atoms with Crippen molar-refractivity contribution in [3.8, 4) is 5.75 Å². The summed E-state index contributed by atoms with van der Waals surface area (Å²) >= 11 is 0. The second kappa shape index (κ2) is 7.69. The van der Waals surface area contributed by atoms with Gasteiger partial charge in [-0.3, -0.25) is 9.59 Å². The number of alkyl halides is 3. The average molecular weight is 352 g/mol. The maximum absolute atomic E-state index is 12.3. The minimum Gasteiger partial charge on any atom is -0.497 e. The van der Waals surface area contributed by atoms with Crippen molar-refractivity contribution in [1.82, 2.24) is 5.32 Å². The van der Waals surface area contributed by atoms with Crippen LogP contribution in [0.1, 0.15) is 15.9 Å². The van der Waals surface area contributed by atoms with Crippen molar-refractivity contribution in [2.24, 2.45) is 0 Å². The van der Waals surface area contributed by atoms with E-state index in [2.05, 4.69) is 5.32 Å². The molecule has 2 rings (SSSR count). The number of benzene rings is 2. The number of anilines is 1. The quantitative estimate of drug-likeness (QED) is 0.869. The number of halogens is 3. The molecule has 132 valence electrons. The zero-order chi connectivity index (χ0) is 18.4. The highest BCUT2D eigenvalue weighted by atomic mass is 19.4. The summed E-state index contributed by atoms with van der Waals surface area (Å²) < 4.78 is 41.8. The Morgan fingerprint density at radius 1 is 1.08 bits per heavy atom. The predicted octanol–water partition coefficient (Wildman–Crippen LogP) is 3.13. The van der Waals surface area contributed by atoms with Crippen molar-refractivity contribution < 1.29 is 27.5 Å². The van der Waals surface area contributed by atoms with E-state index in [0.29, 0.717) is 22.6 Å². The first-order valence-electron chi connectivity index (χ1n) is 7.19. The van der Waals surface area contributed by atoms with Gasteiger partial charge in [-0.15, -0.1) is 0 Å². The molecule has 0 heterocycles. The Kier molecular flexibility index (Phi) is 5.63. The van der Waals surface area contributed by atoms with E-state index in [-0.39, 0.29) is 6.54 Å². The van der Waals surface area contributed by atoms with Gasteiger partial charge in [0.05, 0.1) is 7.11 Å². The molecule has 0 aliphatic heterocycles. The van der Waals surface area contributed by atoms with Crippen LogP contribution in [0.2, 0.25) is 0 Å². The first-order chi connectivity index (χ1) is 11.8. The molecule has 0 saturated carbocycles. The minimum atomic E-state index is -4.96. The average Bonchev–Trinajstić information content (AvgIpc) is 2.59. The number of methoxy groups -OCH3 is 1. The van der Waals surface area contributed by atoms with Crippen molar-refractivity contribution in [3.63, 3.8) is 0 Å². The van der Waals surface area contributed by atoms with E-state index in [1.807, 2.05) is 0 Å². The third-order valence-corrected chi connectivity index (χ3v) is 3.29. The van der Waals surface area contributed by atoms with Crippen LogP contribution < -0.4 is 15.4 Å². The summed E-state index contributed by atoms with van der Waals surface area (Å²) in [5.41, 5.74) is 0.975. The molecule has 0 aliphatic carbocycles. The lowest BCUT2D eigenvalue weighted by Crippen LogP contribution is -2.36. The number of carbonyl (C=O) groups excluding carboxylic acids is 2. The molecule has 0 atom stereocenters. The van der Waals surface area contributed by atoms with Gasteiger partial charge >= 0.3 is 12.1 Å². The van der Waals surface area contributed by atoms with Crippen molar-refractivity contribution in [3.05, 3.63) is 59.7 Å². The lowest BCUT2D eigenvalue weighted by molar-refractivity contribution is -0.173. The fourth-order valence-electron chi connectivity index (χ4n) is 2.03. The third-order valence-electron chi connectivity index (χ3n) is 3.29. The number of amides is 2. The molecule has 0 fully saturated rings. The van der Waals surface area contributed by atoms with E-state index in [0.717, 1.165) is 0 Å². The summed E-state index contributed by atoms with van der Waals surface area (Å²) in [6.07, 6.45) is -4.96. The molecule has 0 radical (unpaired) electrons. The summed E-state index contributed by atoms with van der Waals surface area (Å²) in [4.78, 5) is 23.2. The van der Waals surface area contributed by atoms with Gasteiger partial charge in [-0.2, -0.15) is 13.2 Å². The molecule has 0 bridgehead atoms. The summed E-state index contributed by atoms with van der Waals surface area (Å²) in [7, 11) is 1.47. The van der Waals surface area contributed by atoms with Crippen molar-refractivity contribution in [1.29, 1.82) is 0 Å². The van der Waals surface area contributed by atoms with Gasteiger partial charge in [0.1, 0.15) is 5.75 Å². The Morgan fingerprint density at radius 3 is 2.48 bits per heavy atom. The maximum atomic E-state index is 12.3. The lowest BCUT2D eigenvalue weighted by Gasteiger charge is -2.13. The number of nitrogens with one attached hydrogen (secondary N) is 2. The normalized spacial score (nSPS) is 10.9. The number of para-hydroxylation sites is 1. The molecule has 0 spiro atoms. The predicted molar refractivity (Wildman–Crippen MR) is 85.3 cm³/mol. The van der Waals surface area contributed by atoms with Crippen LogP contribution in [0.25, 0.3) is 0 Å². The fraction of sp³-hybridized carbons (Fsp3) is 0.176. The van der Waals surface area contributed by atoms with Crippen LogP contribution in [-0.2, 0) is 11.3 Å². The SMILES string of the molecule is COc1cccc(C(=O)Nc2ccccc2CNC(=O)C(F)(F)F)c1. The van der Waals surface area contributed by atoms with E-state index in [1.165, 1.54) is 25.3 Å². The number of hydrogen-bond acceptors (Lipinski definition) is 3. The molecule has 0 saturated heterocycles. The highest BCUT2D eigenvalue weighted by Gasteiger charge is 2.38. The Labute approximate surface area is 141 Å². The van der Waals surface area contributed by atoms with Crippen LogP contribution >= 0.6 is 0 Å². The monoisotopic (exact) mass is 352 g/mol. The van der Waals surface area contributed by atoms with Crippen LogP contribution in [0.4, 0.5) is 18.9 Å². The van der Waals surface area contributed by atoms with Gasteiger partial charge in [0.15, 0.2) is 0 Å². The molecule has 2 aromatic rings. The molecular formula is C17H15F3N2O3. The van der Waals surface area contributed by atoms with Crippen molar-refractivity contribution >= 4 is 17.5 Å². The van der Waals surface area contributed by atoms with Gasteiger partial charge in [0.2, 0.25) is 0 Å². The van der Waals surface area contributed by atoms with E-state index in [4.69, 9.17) is 4.74 Å². The summed E-state index contributed by atoms with van der Waals surface area (Å²) in [6, 6.07) is 12.7. The van der Waals surface area contributed by atoms with Gasteiger partial charge in [-0.1, -0.05) is 24.3 Å². The van der Waals surface area contributed by atoms with Gasteiger partial charge in [-0.05, 0) is 29.8 Å². The Balaban J connectivity index is 2.12. The van der Waals surface area contributed by atoms with Crippen LogP contribution in [0.15, 0.2) is 48.5 Å². The van der Waals surface area contributed by atoms with Gasteiger partial charge in [0, 0.05) is 17.8 Å². The summed E-state index contributed by atoms with van der Waals surface area (Å²) in [5.74, 6) is -1.99. The largest absolute Gasteiger partial charge is 0.497 e. The Bertz CT molecular complexity index is 776. The number of ether oxygens (including phenoxy) is 1. The highest BCUT2D eigenvalue weighted by Crippen LogP contribution is 2.19. The zero-order valence-corrected chi connectivity index (χ0v) is 13.2. The standard InChI is InChI=1S/C17H15F3N2O3/c1-25-13-7-4-6-11(9-13)15(23)22-14-8-3-2-5-12(14)10-21-16(24)17(18,19)20/h2-9H,10H2,1H3,(H,21,24)(H,22,23). The van der Waals surface area contributed by atoms with E-state index < -0.39 is 18.0 Å². The number of carbonyl (C=O) groups is 2. The molecule has 2 amide bonds. The van der Waals surface area contributed by atoms with Crippen LogP contribution in [0.5, 0.6) is 5.75 Å². The lowest BCUT2D eigenvalue weighted by atomic mass is 10.1. The van der Waals surface area contributed by atoms with Crippen LogP contribution in [-0.4, -0.2) is 25.1 Å². The molecule has 8 heteroatoms. The Morgan fingerprint density at radius 2 is 1.80 bits per heavy atom. The van der Waals surface area contributed by atoms with E-state index in [1.54, 1.807) is 35.6 Å². The minimum absolute atomic E-state index is 0.304. The second-order valence-corrected chi connectivity index (χ2v) is 5.02. The second-order valence-electron chi connectivity index (χ2n) is 5.02. The van der Waals surface area contributed by atoms with Crippen molar-refractivity contribution in [2.75, 3.05) is 12.4 Å². The topological polar surface area (TPSA) is 67.4 Å². The van der Waals surface area contributed by atoms with Gasteiger partial charge in [0.25, 0.3) is 5.91 Å². The molecule has 25 heavy (non-hydrogen) atoms. The molecule has 0 unspecified atom stereocenters. The summed E-state index contributed by atoms with van der Waals surface area (Å²) in [6.45, 7) is -0.368.